The highest BCUT2D eigenvalue weighted by atomic mass is 16.2. The fraction of sp³-hybridized carbons (Fsp3) is 0.714. The summed E-state index contributed by atoms with van der Waals surface area (Å²) < 4.78 is 1.65. The molecule has 2 rings (SSSR count). The molecular weight excluding hydrogens is 240 g/mol. The van der Waals surface area contributed by atoms with E-state index in [2.05, 4.69) is 17.3 Å². The highest BCUT2D eigenvalue weighted by Crippen LogP contribution is 2.11. The van der Waals surface area contributed by atoms with E-state index in [1.807, 2.05) is 11.9 Å². The highest BCUT2D eigenvalue weighted by molar-refractivity contribution is 5.92. The van der Waals surface area contributed by atoms with Crippen molar-refractivity contribution in [1.82, 2.24) is 20.0 Å². The molecule has 0 radical (unpaired) electrons. The summed E-state index contributed by atoms with van der Waals surface area (Å²) in [7, 11) is 1.82. The van der Waals surface area contributed by atoms with Gasteiger partial charge in [-0.05, 0) is 31.9 Å². The maximum atomic E-state index is 12.5. The Morgan fingerprint density at radius 3 is 3.00 bits per heavy atom. The first-order valence-electron chi connectivity index (χ1n) is 7.23. The molecule has 0 aliphatic carbocycles. The zero-order valence-electron chi connectivity index (χ0n) is 11.9. The van der Waals surface area contributed by atoms with Crippen molar-refractivity contribution in [3.8, 4) is 0 Å². The van der Waals surface area contributed by atoms with Gasteiger partial charge < -0.3 is 10.2 Å². The second-order valence-electron chi connectivity index (χ2n) is 5.24. The molecule has 1 fully saturated rings. The lowest BCUT2D eigenvalue weighted by Gasteiger charge is -2.30. The van der Waals surface area contributed by atoms with Crippen molar-refractivity contribution in [2.45, 2.75) is 38.6 Å². The van der Waals surface area contributed by atoms with Crippen LogP contribution in [-0.4, -0.2) is 46.3 Å². The van der Waals surface area contributed by atoms with Gasteiger partial charge in [-0.2, -0.15) is 5.10 Å². The fourth-order valence-electron chi connectivity index (χ4n) is 2.64. The van der Waals surface area contributed by atoms with Crippen molar-refractivity contribution in [2.75, 3.05) is 19.6 Å². The Hall–Kier alpha value is -1.36. The first kappa shape index (κ1) is 14.1. The topological polar surface area (TPSA) is 50.2 Å². The quantitative estimate of drug-likeness (QED) is 0.875. The van der Waals surface area contributed by atoms with Crippen LogP contribution in [-0.2, 0) is 7.05 Å². The molecule has 2 heterocycles. The van der Waals surface area contributed by atoms with Crippen LogP contribution in [0, 0.1) is 0 Å². The minimum absolute atomic E-state index is 0.0919. The standard InChI is InChI=1S/C14H24N4O/c1-3-10-18(11-12-6-4-5-8-15-12)14(19)13-7-9-16-17(13)2/h7,9,12,15H,3-6,8,10-11H2,1-2H3. The normalized spacial score (nSPS) is 19.4. The molecule has 1 unspecified atom stereocenters. The second kappa shape index (κ2) is 6.70. The van der Waals surface area contributed by atoms with Crippen LogP contribution in [0.25, 0.3) is 0 Å². The summed E-state index contributed by atoms with van der Waals surface area (Å²) in [5, 5.41) is 7.59. The van der Waals surface area contributed by atoms with Crippen LogP contribution in [0.2, 0.25) is 0 Å². The van der Waals surface area contributed by atoms with Crippen LogP contribution in [0.1, 0.15) is 43.1 Å². The minimum atomic E-state index is 0.0919. The van der Waals surface area contributed by atoms with E-state index in [1.54, 1.807) is 16.9 Å². The Kier molecular flexibility index (Phi) is 4.96. The van der Waals surface area contributed by atoms with Gasteiger partial charge in [-0.1, -0.05) is 13.3 Å². The Bertz CT molecular complexity index is 409. The van der Waals surface area contributed by atoms with Crippen molar-refractivity contribution in [3.05, 3.63) is 18.0 Å². The number of nitrogens with one attached hydrogen (secondary N) is 1. The molecule has 1 aromatic heterocycles. The van der Waals surface area contributed by atoms with E-state index < -0.39 is 0 Å². The molecule has 0 saturated carbocycles. The average Bonchev–Trinajstić information content (AvgIpc) is 2.85. The minimum Gasteiger partial charge on any atom is -0.336 e. The van der Waals surface area contributed by atoms with Crippen LogP contribution in [0.4, 0.5) is 0 Å². The van der Waals surface area contributed by atoms with E-state index in [1.165, 1.54) is 19.3 Å². The van der Waals surface area contributed by atoms with Crippen LogP contribution >= 0.6 is 0 Å². The van der Waals surface area contributed by atoms with Gasteiger partial charge in [0, 0.05) is 32.4 Å². The Morgan fingerprint density at radius 1 is 1.58 bits per heavy atom. The van der Waals surface area contributed by atoms with Gasteiger partial charge in [0.05, 0.1) is 0 Å². The van der Waals surface area contributed by atoms with E-state index in [-0.39, 0.29) is 5.91 Å². The molecule has 1 atom stereocenters. The molecular formula is C14H24N4O. The molecule has 0 aromatic carbocycles. The molecule has 1 amide bonds. The first-order valence-corrected chi connectivity index (χ1v) is 7.23. The maximum Gasteiger partial charge on any atom is 0.272 e. The van der Waals surface area contributed by atoms with Crippen LogP contribution in [0.5, 0.6) is 0 Å². The van der Waals surface area contributed by atoms with Gasteiger partial charge in [-0.3, -0.25) is 9.48 Å². The smallest absolute Gasteiger partial charge is 0.272 e. The number of hydrogen-bond acceptors (Lipinski definition) is 3. The lowest BCUT2D eigenvalue weighted by atomic mass is 10.0. The Balaban J connectivity index is 2.02. The van der Waals surface area contributed by atoms with Gasteiger partial charge >= 0.3 is 0 Å². The third-order valence-corrected chi connectivity index (χ3v) is 3.67. The predicted octanol–water partition coefficient (Wildman–Crippen LogP) is 1.41. The number of carbonyl (C=O) groups excluding carboxylic acids is 1. The predicted molar refractivity (Wildman–Crippen MR) is 75.0 cm³/mol. The van der Waals surface area contributed by atoms with Crippen LogP contribution in [0.3, 0.4) is 0 Å². The molecule has 1 N–H and O–H groups in total. The van der Waals surface area contributed by atoms with Crippen LogP contribution in [0.15, 0.2) is 12.3 Å². The molecule has 0 spiro atoms. The second-order valence-corrected chi connectivity index (χ2v) is 5.24. The van der Waals surface area contributed by atoms with Crippen molar-refractivity contribution in [2.24, 2.45) is 7.05 Å². The number of piperidine rings is 1. The first-order chi connectivity index (χ1) is 9.22. The highest BCUT2D eigenvalue weighted by Gasteiger charge is 2.22. The average molecular weight is 264 g/mol. The van der Waals surface area contributed by atoms with Gasteiger partial charge in [0.25, 0.3) is 5.91 Å². The van der Waals surface area contributed by atoms with Gasteiger partial charge in [-0.25, -0.2) is 0 Å². The number of rotatable bonds is 5. The summed E-state index contributed by atoms with van der Waals surface area (Å²) in [6, 6.07) is 2.23. The maximum absolute atomic E-state index is 12.5. The summed E-state index contributed by atoms with van der Waals surface area (Å²) in [5.41, 5.74) is 0.671. The molecule has 1 aliphatic rings. The third-order valence-electron chi connectivity index (χ3n) is 3.67. The molecule has 0 bridgehead atoms. The van der Waals surface area contributed by atoms with Crippen molar-refractivity contribution >= 4 is 5.91 Å². The number of amides is 1. The Labute approximate surface area is 115 Å². The summed E-state index contributed by atoms with van der Waals surface area (Å²) in [6.07, 6.45) is 6.34. The van der Waals surface area contributed by atoms with Crippen LogP contribution < -0.4 is 5.32 Å². The summed E-state index contributed by atoms with van der Waals surface area (Å²) >= 11 is 0. The van der Waals surface area contributed by atoms with E-state index in [0.717, 1.165) is 26.1 Å². The molecule has 5 heteroatoms. The number of carbonyl (C=O) groups is 1. The Morgan fingerprint density at radius 2 is 2.42 bits per heavy atom. The largest absolute Gasteiger partial charge is 0.336 e. The van der Waals surface area contributed by atoms with Crippen molar-refractivity contribution in [1.29, 1.82) is 0 Å². The number of aryl methyl sites for hydroxylation is 1. The summed E-state index contributed by atoms with van der Waals surface area (Å²) in [4.78, 5) is 14.5. The van der Waals surface area contributed by atoms with Crippen molar-refractivity contribution in [3.63, 3.8) is 0 Å². The van der Waals surface area contributed by atoms with Gasteiger partial charge in [0.15, 0.2) is 0 Å². The molecule has 106 valence electrons. The van der Waals surface area contributed by atoms with E-state index >= 15 is 0 Å². The van der Waals surface area contributed by atoms with E-state index in [4.69, 9.17) is 0 Å². The van der Waals surface area contributed by atoms with E-state index in [0.29, 0.717) is 11.7 Å². The molecule has 1 aromatic rings. The van der Waals surface area contributed by atoms with E-state index in [9.17, 15) is 4.79 Å². The number of hydrogen-bond donors (Lipinski definition) is 1. The molecule has 1 saturated heterocycles. The zero-order chi connectivity index (χ0) is 13.7. The third kappa shape index (κ3) is 3.56. The monoisotopic (exact) mass is 264 g/mol. The van der Waals surface area contributed by atoms with Gasteiger partial charge in [0.2, 0.25) is 0 Å². The molecule has 5 nitrogen and oxygen atoms in total. The lowest BCUT2D eigenvalue weighted by Crippen LogP contribution is -2.46. The van der Waals surface area contributed by atoms with Gasteiger partial charge in [-0.15, -0.1) is 0 Å². The molecule has 19 heavy (non-hydrogen) atoms. The number of aromatic nitrogens is 2. The zero-order valence-corrected chi connectivity index (χ0v) is 11.9. The van der Waals surface area contributed by atoms with Crippen molar-refractivity contribution < 1.29 is 4.79 Å². The number of nitrogens with zero attached hydrogens (tertiary/aromatic N) is 3. The molecule has 1 aliphatic heterocycles. The summed E-state index contributed by atoms with van der Waals surface area (Å²) in [6.45, 7) is 4.79. The lowest BCUT2D eigenvalue weighted by molar-refractivity contribution is 0.0720. The van der Waals surface area contributed by atoms with Gasteiger partial charge in [0.1, 0.15) is 5.69 Å². The SMILES string of the molecule is CCCN(CC1CCCCN1)C(=O)c1ccnn1C. The summed E-state index contributed by atoms with van der Waals surface area (Å²) in [5.74, 6) is 0.0919. The fourth-order valence-corrected chi connectivity index (χ4v) is 2.64.